The Hall–Kier alpha value is -2.05. The molecule has 0 bridgehead atoms. The number of nitrogens with zero attached hydrogens (tertiary/aromatic N) is 4. The maximum Gasteiger partial charge on any atom is 0.172 e. The molecule has 4 rings (SSSR count). The van der Waals surface area contributed by atoms with Crippen molar-refractivity contribution in [2.45, 2.75) is 19.4 Å². The van der Waals surface area contributed by atoms with Gasteiger partial charge in [0.05, 0.1) is 18.4 Å². The van der Waals surface area contributed by atoms with Crippen molar-refractivity contribution in [3.63, 3.8) is 0 Å². The quantitative estimate of drug-likeness (QED) is 0.721. The minimum atomic E-state index is -0.417. The van der Waals surface area contributed by atoms with E-state index in [-0.39, 0.29) is 6.04 Å². The van der Waals surface area contributed by atoms with Crippen LogP contribution in [0.15, 0.2) is 30.6 Å². The lowest BCUT2D eigenvalue weighted by Crippen LogP contribution is -2.38. The average molecular weight is 380 g/mol. The highest BCUT2D eigenvalue weighted by Crippen LogP contribution is 2.31. The Labute approximate surface area is 154 Å². The van der Waals surface area contributed by atoms with Gasteiger partial charge in [-0.2, -0.15) is 5.10 Å². The summed E-state index contributed by atoms with van der Waals surface area (Å²) in [6, 6.07) is 5.14. The van der Waals surface area contributed by atoms with Gasteiger partial charge >= 0.3 is 0 Å². The van der Waals surface area contributed by atoms with E-state index in [4.69, 9.17) is 23.2 Å². The summed E-state index contributed by atoms with van der Waals surface area (Å²) in [5, 5.41) is 8.47. The van der Waals surface area contributed by atoms with E-state index in [0.717, 1.165) is 30.9 Å². The van der Waals surface area contributed by atoms with E-state index in [9.17, 15) is 4.39 Å². The van der Waals surface area contributed by atoms with E-state index >= 15 is 0 Å². The molecule has 1 aromatic carbocycles. The summed E-state index contributed by atoms with van der Waals surface area (Å²) in [4.78, 5) is 6.74. The number of hydrogen-bond donors (Lipinski definition) is 1. The molecule has 3 aromatic rings. The second kappa shape index (κ2) is 6.35. The SMILES string of the molecule is CC(Nc1nc(N2CCC2)cn2ncc(F)c12)c1ccc(Cl)cc1Cl. The van der Waals surface area contributed by atoms with Crippen molar-refractivity contribution in [3.8, 4) is 0 Å². The van der Waals surface area contributed by atoms with Crippen LogP contribution in [0.5, 0.6) is 0 Å². The van der Waals surface area contributed by atoms with E-state index in [1.165, 1.54) is 10.7 Å². The van der Waals surface area contributed by atoms with Crippen LogP contribution in [0, 0.1) is 5.82 Å². The van der Waals surface area contributed by atoms with Crippen molar-refractivity contribution >= 4 is 40.4 Å². The lowest BCUT2D eigenvalue weighted by Gasteiger charge is -2.32. The number of fused-ring (bicyclic) bond motifs is 1. The van der Waals surface area contributed by atoms with Gasteiger partial charge in [-0.1, -0.05) is 29.3 Å². The summed E-state index contributed by atoms with van der Waals surface area (Å²) >= 11 is 12.2. The normalized spacial score (nSPS) is 15.3. The molecule has 1 aliphatic heterocycles. The molecule has 1 saturated heterocycles. The van der Waals surface area contributed by atoms with Crippen molar-refractivity contribution in [1.29, 1.82) is 0 Å². The van der Waals surface area contributed by atoms with Crippen LogP contribution in [0.25, 0.3) is 5.52 Å². The van der Waals surface area contributed by atoms with E-state index in [1.807, 2.05) is 13.0 Å². The molecule has 8 heteroatoms. The van der Waals surface area contributed by atoms with Crippen LogP contribution < -0.4 is 10.2 Å². The van der Waals surface area contributed by atoms with Gasteiger partial charge in [-0.15, -0.1) is 0 Å². The van der Waals surface area contributed by atoms with Crippen LogP contribution in [-0.4, -0.2) is 27.7 Å². The molecule has 1 fully saturated rings. The standard InChI is InChI=1S/C17H16Cl2FN5/c1-10(12-4-3-11(18)7-13(12)19)22-17-16-14(20)8-21-25(16)9-15(23-17)24-5-2-6-24/h3-4,7-10H,2,5-6H2,1H3,(H,22,23). The Morgan fingerprint density at radius 3 is 2.76 bits per heavy atom. The fourth-order valence-electron chi connectivity index (χ4n) is 2.90. The van der Waals surface area contributed by atoms with Gasteiger partial charge in [0.15, 0.2) is 11.6 Å². The summed E-state index contributed by atoms with van der Waals surface area (Å²) < 4.78 is 15.7. The number of hydrogen-bond acceptors (Lipinski definition) is 4. The van der Waals surface area contributed by atoms with Crippen molar-refractivity contribution in [1.82, 2.24) is 14.6 Å². The number of anilines is 2. The highest BCUT2D eigenvalue weighted by atomic mass is 35.5. The predicted molar refractivity (Wildman–Crippen MR) is 98.3 cm³/mol. The minimum Gasteiger partial charge on any atom is -0.362 e. The van der Waals surface area contributed by atoms with Gasteiger partial charge in [-0.25, -0.2) is 13.9 Å². The second-order valence-electron chi connectivity index (χ2n) is 6.11. The van der Waals surface area contributed by atoms with E-state index < -0.39 is 5.82 Å². The predicted octanol–water partition coefficient (Wildman–Crippen LogP) is 4.56. The van der Waals surface area contributed by atoms with Crippen LogP contribution >= 0.6 is 23.2 Å². The van der Waals surface area contributed by atoms with Crippen LogP contribution in [0.3, 0.4) is 0 Å². The molecule has 0 saturated carbocycles. The van der Waals surface area contributed by atoms with Gasteiger partial charge in [0.1, 0.15) is 11.3 Å². The molecule has 1 N–H and O–H groups in total. The molecular formula is C17H16Cl2FN5. The van der Waals surface area contributed by atoms with Crippen molar-refractivity contribution in [3.05, 3.63) is 52.0 Å². The largest absolute Gasteiger partial charge is 0.362 e. The molecule has 5 nitrogen and oxygen atoms in total. The van der Waals surface area contributed by atoms with Gasteiger partial charge in [-0.3, -0.25) is 0 Å². The maximum atomic E-state index is 14.2. The zero-order chi connectivity index (χ0) is 17.6. The summed E-state index contributed by atoms with van der Waals surface area (Å²) in [7, 11) is 0. The van der Waals surface area contributed by atoms with Crippen LogP contribution in [0.1, 0.15) is 24.9 Å². The molecule has 0 radical (unpaired) electrons. The third kappa shape index (κ3) is 3.00. The third-order valence-electron chi connectivity index (χ3n) is 4.40. The van der Waals surface area contributed by atoms with Crippen LogP contribution in [0.4, 0.5) is 16.0 Å². The number of nitrogens with one attached hydrogen (secondary N) is 1. The van der Waals surface area contributed by atoms with E-state index in [0.29, 0.717) is 21.4 Å². The number of rotatable bonds is 4. The van der Waals surface area contributed by atoms with Gasteiger partial charge < -0.3 is 10.2 Å². The smallest absolute Gasteiger partial charge is 0.172 e. The first kappa shape index (κ1) is 16.4. The molecule has 0 spiro atoms. The van der Waals surface area contributed by atoms with Gasteiger partial charge in [0.25, 0.3) is 0 Å². The molecule has 1 unspecified atom stereocenters. The molecule has 1 aliphatic rings. The van der Waals surface area contributed by atoms with Gasteiger partial charge in [0, 0.05) is 23.1 Å². The van der Waals surface area contributed by atoms with Crippen LogP contribution in [0.2, 0.25) is 10.0 Å². The minimum absolute atomic E-state index is 0.179. The maximum absolute atomic E-state index is 14.2. The fraction of sp³-hybridized carbons (Fsp3) is 0.294. The van der Waals surface area contributed by atoms with Crippen molar-refractivity contribution in [2.75, 3.05) is 23.3 Å². The molecule has 0 amide bonds. The Balaban J connectivity index is 1.73. The third-order valence-corrected chi connectivity index (χ3v) is 4.96. The molecular weight excluding hydrogens is 364 g/mol. The summed E-state index contributed by atoms with van der Waals surface area (Å²) in [5.74, 6) is 0.802. The molecule has 1 atom stereocenters. The molecule has 130 valence electrons. The topological polar surface area (TPSA) is 45.5 Å². The summed E-state index contributed by atoms with van der Waals surface area (Å²) in [5.41, 5.74) is 1.18. The van der Waals surface area contributed by atoms with Gasteiger partial charge in [0.2, 0.25) is 0 Å². The monoisotopic (exact) mass is 379 g/mol. The fourth-order valence-corrected chi connectivity index (χ4v) is 3.47. The highest BCUT2D eigenvalue weighted by molar-refractivity contribution is 6.35. The first-order valence-corrected chi connectivity index (χ1v) is 8.79. The van der Waals surface area contributed by atoms with Crippen LogP contribution in [-0.2, 0) is 0 Å². The van der Waals surface area contributed by atoms with Crippen molar-refractivity contribution < 1.29 is 4.39 Å². The summed E-state index contributed by atoms with van der Waals surface area (Å²) in [6.45, 7) is 3.83. The van der Waals surface area contributed by atoms with E-state index in [2.05, 4.69) is 20.3 Å². The Morgan fingerprint density at radius 1 is 1.28 bits per heavy atom. The first-order valence-electron chi connectivity index (χ1n) is 8.03. The Bertz CT molecular complexity index is 938. The molecule has 2 aromatic heterocycles. The van der Waals surface area contributed by atoms with Gasteiger partial charge in [-0.05, 0) is 31.0 Å². The average Bonchev–Trinajstić information content (AvgIpc) is 2.87. The zero-order valence-corrected chi connectivity index (χ0v) is 15.0. The highest BCUT2D eigenvalue weighted by Gasteiger charge is 2.21. The zero-order valence-electron chi connectivity index (χ0n) is 13.5. The number of benzene rings is 1. The molecule has 25 heavy (non-hydrogen) atoms. The lowest BCUT2D eigenvalue weighted by molar-refractivity contribution is 0.606. The Morgan fingerprint density at radius 2 is 2.08 bits per heavy atom. The molecule has 3 heterocycles. The number of aromatic nitrogens is 3. The van der Waals surface area contributed by atoms with Crippen molar-refractivity contribution in [2.24, 2.45) is 0 Å². The summed E-state index contributed by atoms with van der Waals surface area (Å²) in [6.07, 6.45) is 4.08. The second-order valence-corrected chi connectivity index (χ2v) is 6.95. The lowest BCUT2D eigenvalue weighted by atomic mass is 10.1. The van der Waals surface area contributed by atoms with E-state index in [1.54, 1.807) is 18.3 Å². The Kier molecular flexibility index (Phi) is 4.17. The first-order chi connectivity index (χ1) is 12.0. The molecule has 0 aliphatic carbocycles. The number of halogens is 3.